The lowest BCUT2D eigenvalue weighted by atomic mass is 10.0. The van der Waals surface area contributed by atoms with E-state index in [4.69, 9.17) is 5.73 Å². The van der Waals surface area contributed by atoms with E-state index in [1.54, 1.807) is 6.07 Å². The van der Waals surface area contributed by atoms with E-state index in [2.05, 4.69) is 0 Å². The molecule has 3 nitrogen and oxygen atoms in total. The lowest BCUT2D eigenvalue weighted by Crippen LogP contribution is -2.29. The molecular formula is C12H13N2O+. The fourth-order valence-electron chi connectivity index (χ4n) is 1.84. The molecule has 0 fully saturated rings. The van der Waals surface area contributed by atoms with Gasteiger partial charge in [-0.2, -0.15) is 0 Å². The van der Waals surface area contributed by atoms with Gasteiger partial charge in [0.05, 0.1) is 10.9 Å². The van der Waals surface area contributed by atoms with Gasteiger partial charge in [-0.05, 0) is 18.6 Å². The summed E-state index contributed by atoms with van der Waals surface area (Å²) in [6.45, 7) is 1.98. The second-order valence-electron chi connectivity index (χ2n) is 3.67. The average Bonchev–Trinajstić information content (AvgIpc) is 2.23. The van der Waals surface area contributed by atoms with Crippen LogP contribution in [-0.4, -0.2) is 5.91 Å². The third kappa shape index (κ3) is 1.46. The fourth-order valence-corrected chi connectivity index (χ4v) is 1.84. The average molecular weight is 201 g/mol. The first kappa shape index (κ1) is 9.65. The summed E-state index contributed by atoms with van der Waals surface area (Å²) in [5.41, 5.74) is 8.02. The molecule has 0 aliphatic rings. The first-order valence-corrected chi connectivity index (χ1v) is 4.79. The molecule has 0 atom stereocenters. The summed E-state index contributed by atoms with van der Waals surface area (Å²) >= 11 is 0. The predicted octanol–water partition coefficient (Wildman–Crippen LogP) is 1.07. The molecule has 0 bridgehead atoms. The molecule has 0 aliphatic carbocycles. The van der Waals surface area contributed by atoms with Crippen molar-refractivity contribution in [3.05, 3.63) is 41.6 Å². The summed E-state index contributed by atoms with van der Waals surface area (Å²) in [6.07, 6.45) is 1.97. The van der Waals surface area contributed by atoms with Gasteiger partial charge < -0.3 is 5.73 Å². The Labute approximate surface area is 88.1 Å². The van der Waals surface area contributed by atoms with Crippen LogP contribution in [0.15, 0.2) is 30.5 Å². The standard InChI is InChI=1S/C12H12N2O/c1-8-6-7-14(2)10-5-3-4-9(11(8)10)12(13)15/h3-7H,1-2H3,(H-,13,15)/p+1. The van der Waals surface area contributed by atoms with Crippen LogP contribution in [0.2, 0.25) is 0 Å². The highest BCUT2D eigenvalue weighted by molar-refractivity contribution is 6.05. The Morgan fingerprint density at radius 3 is 2.73 bits per heavy atom. The molecule has 3 heteroatoms. The van der Waals surface area contributed by atoms with Crippen LogP contribution in [0.1, 0.15) is 15.9 Å². The van der Waals surface area contributed by atoms with Gasteiger partial charge in [0, 0.05) is 12.1 Å². The summed E-state index contributed by atoms with van der Waals surface area (Å²) < 4.78 is 1.98. The quantitative estimate of drug-likeness (QED) is 0.689. The highest BCUT2D eigenvalue weighted by Gasteiger charge is 2.13. The molecule has 0 spiro atoms. The van der Waals surface area contributed by atoms with Gasteiger partial charge >= 0.3 is 0 Å². The normalized spacial score (nSPS) is 10.5. The van der Waals surface area contributed by atoms with Gasteiger partial charge in [-0.1, -0.05) is 6.07 Å². The predicted molar refractivity (Wildman–Crippen MR) is 58.4 cm³/mol. The smallest absolute Gasteiger partial charge is 0.249 e. The van der Waals surface area contributed by atoms with Gasteiger partial charge in [-0.15, -0.1) is 0 Å². The minimum Gasteiger partial charge on any atom is -0.366 e. The second-order valence-corrected chi connectivity index (χ2v) is 3.67. The third-order valence-corrected chi connectivity index (χ3v) is 2.63. The van der Waals surface area contributed by atoms with Crippen LogP contribution in [0.3, 0.4) is 0 Å². The molecule has 1 aromatic heterocycles. The molecule has 0 saturated heterocycles. The van der Waals surface area contributed by atoms with Gasteiger partial charge in [0.1, 0.15) is 7.05 Å². The van der Waals surface area contributed by atoms with Gasteiger partial charge in [0.15, 0.2) is 6.20 Å². The third-order valence-electron chi connectivity index (χ3n) is 2.63. The number of hydrogen-bond donors (Lipinski definition) is 1. The number of amides is 1. The van der Waals surface area contributed by atoms with Crippen molar-refractivity contribution in [2.24, 2.45) is 12.8 Å². The van der Waals surface area contributed by atoms with Crippen molar-refractivity contribution in [2.45, 2.75) is 6.92 Å². The van der Waals surface area contributed by atoms with E-state index >= 15 is 0 Å². The van der Waals surface area contributed by atoms with Crippen LogP contribution in [0.5, 0.6) is 0 Å². The number of pyridine rings is 1. The van der Waals surface area contributed by atoms with Gasteiger partial charge in [-0.3, -0.25) is 4.79 Å². The first-order valence-electron chi connectivity index (χ1n) is 4.79. The Balaban J connectivity index is 2.96. The summed E-state index contributed by atoms with van der Waals surface area (Å²) in [5, 5.41) is 0.940. The number of fused-ring (bicyclic) bond motifs is 1. The SMILES string of the molecule is Cc1cc[n+](C)c2cccc(C(N)=O)c12. The molecule has 0 saturated carbocycles. The van der Waals surface area contributed by atoms with E-state index in [-0.39, 0.29) is 5.91 Å². The van der Waals surface area contributed by atoms with Crippen LogP contribution in [-0.2, 0) is 7.05 Å². The van der Waals surface area contributed by atoms with Crippen LogP contribution >= 0.6 is 0 Å². The molecule has 1 heterocycles. The van der Waals surface area contributed by atoms with Crippen molar-refractivity contribution >= 4 is 16.8 Å². The number of rotatable bonds is 1. The molecule has 0 radical (unpaired) electrons. The van der Waals surface area contributed by atoms with E-state index < -0.39 is 0 Å². The molecule has 1 aromatic carbocycles. The Bertz CT molecular complexity index is 547. The number of primary amides is 1. The highest BCUT2D eigenvalue weighted by Crippen LogP contribution is 2.18. The molecule has 2 aromatic rings. The zero-order valence-corrected chi connectivity index (χ0v) is 8.82. The van der Waals surface area contributed by atoms with Crippen LogP contribution in [0.25, 0.3) is 10.9 Å². The number of carbonyl (C=O) groups excluding carboxylic acids is 1. The molecule has 2 N–H and O–H groups in total. The Morgan fingerprint density at radius 2 is 2.07 bits per heavy atom. The van der Waals surface area contributed by atoms with Crippen molar-refractivity contribution in [2.75, 3.05) is 0 Å². The largest absolute Gasteiger partial charge is 0.366 e. The van der Waals surface area contributed by atoms with E-state index in [9.17, 15) is 4.79 Å². The number of hydrogen-bond acceptors (Lipinski definition) is 1. The summed E-state index contributed by atoms with van der Waals surface area (Å²) in [5.74, 6) is -0.380. The van der Waals surface area contributed by atoms with Crippen molar-refractivity contribution in [1.82, 2.24) is 0 Å². The van der Waals surface area contributed by atoms with Crippen molar-refractivity contribution in [1.29, 1.82) is 0 Å². The van der Waals surface area contributed by atoms with Crippen LogP contribution < -0.4 is 10.3 Å². The number of carbonyl (C=O) groups is 1. The number of aryl methyl sites for hydroxylation is 2. The maximum absolute atomic E-state index is 11.3. The van der Waals surface area contributed by atoms with Crippen molar-refractivity contribution < 1.29 is 9.36 Å². The van der Waals surface area contributed by atoms with Crippen LogP contribution in [0, 0.1) is 6.92 Å². The molecule has 2 rings (SSSR count). The van der Waals surface area contributed by atoms with Crippen molar-refractivity contribution in [3.63, 3.8) is 0 Å². The highest BCUT2D eigenvalue weighted by atomic mass is 16.1. The minimum absolute atomic E-state index is 0.380. The lowest BCUT2D eigenvalue weighted by Gasteiger charge is -2.04. The number of nitrogens with zero attached hydrogens (tertiary/aromatic N) is 1. The first-order chi connectivity index (χ1) is 7.11. The van der Waals surface area contributed by atoms with Gasteiger partial charge in [0.2, 0.25) is 11.4 Å². The Hall–Kier alpha value is -1.90. The van der Waals surface area contributed by atoms with E-state index in [0.717, 1.165) is 16.5 Å². The Morgan fingerprint density at radius 1 is 1.33 bits per heavy atom. The molecule has 0 aliphatic heterocycles. The minimum atomic E-state index is -0.380. The number of benzene rings is 1. The zero-order chi connectivity index (χ0) is 11.0. The lowest BCUT2D eigenvalue weighted by molar-refractivity contribution is -0.644. The molecule has 0 unspecified atom stereocenters. The number of aromatic nitrogens is 1. The number of nitrogens with two attached hydrogens (primary N) is 1. The van der Waals surface area contributed by atoms with Gasteiger partial charge in [0.25, 0.3) is 0 Å². The molecule has 15 heavy (non-hydrogen) atoms. The second kappa shape index (κ2) is 3.35. The molecule has 76 valence electrons. The summed E-state index contributed by atoms with van der Waals surface area (Å²) in [6, 6.07) is 7.57. The van der Waals surface area contributed by atoms with Crippen LogP contribution in [0.4, 0.5) is 0 Å². The van der Waals surface area contributed by atoms with E-state index in [1.165, 1.54) is 0 Å². The summed E-state index contributed by atoms with van der Waals surface area (Å²) in [4.78, 5) is 11.3. The zero-order valence-electron chi connectivity index (χ0n) is 8.82. The fraction of sp³-hybridized carbons (Fsp3) is 0.167. The Kier molecular flexibility index (Phi) is 2.15. The monoisotopic (exact) mass is 201 g/mol. The molecular weight excluding hydrogens is 188 g/mol. The maximum Gasteiger partial charge on any atom is 0.249 e. The summed E-state index contributed by atoms with van der Waals surface area (Å²) in [7, 11) is 1.95. The maximum atomic E-state index is 11.3. The molecule has 1 amide bonds. The van der Waals surface area contributed by atoms with E-state index in [0.29, 0.717) is 5.56 Å². The van der Waals surface area contributed by atoms with E-state index in [1.807, 2.05) is 42.9 Å². The van der Waals surface area contributed by atoms with Crippen molar-refractivity contribution in [3.8, 4) is 0 Å². The topological polar surface area (TPSA) is 47.0 Å². The van der Waals surface area contributed by atoms with Gasteiger partial charge in [-0.25, -0.2) is 4.57 Å².